The number of aryl methyl sites for hydroxylation is 1. The summed E-state index contributed by atoms with van der Waals surface area (Å²) in [6.45, 7) is 0. The summed E-state index contributed by atoms with van der Waals surface area (Å²) in [7, 11) is 0. The van der Waals surface area contributed by atoms with Crippen molar-refractivity contribution in [2.75, 3.05) is 5.32 Å². The highest BCUT2D eigenvalue weighted by molar-refractivity contribution is 5.92. The van der Waals surface area contributed by atoms with E-state index in [1.165, 1.54) is 0 Å². The Kier molecular flexibility index (Phi) is 1.93. The first-order valence-electron chi connectivity index (χ1n) is 4.40. The van der Waals surface area contributed by atoms with E-state index in [0.717, 1.165) is 24.1 Å². The summed E-state index contributed by atoms with van der Waals surface area (Å²) in [5.41, 5.74) is 9.82. The number of carbonyl (C=O) groups excluding carboxylic acids is 1. The summed E-state index contributed by atoms with van der Waals surface area (Å²) < 4.78 is 0. The van der Waals surface area contributed by atoms with Crippen LogP contribution in [0.3, 0.4) is 0 Å². The van der Waals surface area contributed by atoms with E-state index in [9.17, 15) is 4.79 Å². The molecule has 1 aliphatic heterocycles. The third-order valence-corrected chi connectivity index (χ3v) is 2.23. The summed E-state index contributed by atoms with van der Waals surface area (Å²) in [5, 5.41) is 2.80. The minimum Gasteiger partial charge on any atom is -0.326 e. The topological polar surface area (TPSA) is 52.9 Å². The second-order valence-electron chi connectivity index (χ2n) is 3.27. The Morgan fingerprint density at radius 1 is 1.31 bits per heavy atom. The number of amides is 1. The Labute approximate surface area is 76.9 Å². The van der Waals surface area contributed by atoms with E-state index in [2.05, 4.69) is 5.32 Å². The minimum atomic E-state index is 0.0596. The lowest BCUT2D eigenvalue weighted by Crippen LogP contribution is -2.09. The molecular formula is C10H11N2O. The maximum Gasteiger partial charge on any atom is 0.224 e. The van der Waals surface area contributed by atoms with Crippen molar-refractivity contribution in [1.29, 1.82) is 0 Å². The summed E-state index contributed by atoms with van der Waals surface area (Å²) in [5.74, 6) is 0.0596. The first-order valence-corrected chi connectivity index (χ1v) is 4.40. The molecule has 0 spiro atoms. The summed E-state index contributed by atoms with van der Waals surface area (Å²) >= 11 is 0. The normalized spacial score (nSPS) is 15.8. The number of anilines is 1. The fraction of sp³-hybridized carbons (Fsp3) is 0.300. The van der Waals surface area contributed by atoms with E-state index >= 15 is 0 Å². The Morgan fingerprint density at radius 2 is 2.15 bits per heavy atom. The number of nitrogens with one attached hydrogen (secondary N) is 2. The molecule has 3 heteroatoms. The van der Waals surface area contributed by atoms with Gasteiger partial charge in [0.2, 0.25) is 5.91 Å². The van der Waals surface area contributed by atoms with Crippen LogP contribution in [0, 0.1) is 0 Å². The third kappa shape index (κ3) is 1.64. The molecule has 3 nitrogen and oxygen atoms in total. The van der Waals surface area contributed by atoms with Crippen molar-refractivity contribution >= 4 is 17.3 Å². The molecule has 1 aromatic carbocycles. The molecule has 2 N–H and O–H groups in total. The van der Waals surface area contributed by atoms with Crippen molar-refractivity contribution in [1.82, 2.24) is 5.73 Å². The lowest BCUT2D eigenvalue weighted by atomic mass is 10.1. The van der Waals surface area contributed by atoms with Crippen molar-refractivity contribution in [3.8, 4) is 0 Å². The van der Waals surface area contributed by atoms with E-state index < -0.39 is 0 Å². The molecule has 0 saturated carbocycles. The zero-order chi connectivity index (χ0) is 9.26. The van der Waals surface area contributed by atoms with Crippen LogP contribution >= 0.6 is 0 Å². The fourth-order valence-electron chi connectivity index (χ4n) is 1.56. The molecule has 0 unspecified atom stereocenters. The number of carbonyl (C=O) groups is 1. The average Bonchev–Trinajstić information content (AvgIpc) is 2.25. The van der Waals surface area contributed by atoms with Crippen LogP contribution < -0.4 is 11.1 Å². The zero-order valence-corrected chi connectivity index (χ0v) is 7.26. The van der Waals surface area contributed by atoms with Crippen LogP contribution in [0.1, 0.15) is 18.4 Å². The van der Waals surface area contributed by atoms with Gasteiger partial charge < -0.3 is 11.1 Å². The minimum absolute atomic E-state index is 0.0596. The van der Waals surface area contributed by atoms with Crippen molar-refractivity contribution in [3.05, 3.63) is 23.8 Å². The quantitative estimate of drug-likeness (QED) is 0.643. The number of hydrogen-bond donors (Lipinski definition) is 1. The zero-order valence-electron chi connectivity index (χ0n) is 7.26. The van der Waals surface area contributed by atoms with Crippen LogP contribution in [0.25, 0.3) is 0 Å². The molecule has 2 rings (SSSR count). The average molecular weight is 175 g/mol. The van der Waals surface area contributed by atoms with Crippen LogP contribution in [0.15, 0.2) is 18.2 Å². The van der Waals surface area contributed by atoms with E-state index in [0.29, 0.717) is 12.1 Å². The van der Waals surface area contributed by atoms with Crippen LogP contribution in [-0.2, 0) is 11.2 Å². The van der Waals surface area contributed by atoms with Gasteiger partial charge >= 0.3 is 0 Å². The molecule has 0 bridgehead atoms. The van der Waals surface area contributed by atoms with Gasteiger partial charge in [-0.1, -0.05) is 6.07 Å². The second-order valence-corrected chi connectivity index (χ2v) is 3.27. The van der Waals surface area contributed by atoms with Crippen molar-refractivity contribution in [3.63, 3.8) is 0 Å². The molecule has 0 aliphatic carbocycles. The molecule has 1 aliphatic rings. The molecule has 1 heterocycles. The van der Waals surface area contributed by atoms with Gasteiger partial charge in [0.15, 0.2) is 0 Å². The molecule has 67 valence electrons. The van der Waals surface area contributed by atoms with Gasteiger partial charge in [0.25, 0.3) is 0 Å². The van der Waals surface area contributed by atoms with Gasteiger partial charge in [0.1, 0.15) is 0 Å². The van der Waals surface area contributed by atoms with Gasteiger partial charge in [-0.15, -0.1) is 0 Å². The molecule has 0 fully saturated rings. The first kappa shape index (κ1) is 8.10. The summed E-state index contributed by atoms with van der Waals surface area (Å²) in [6.07, 6.45) is 2.41. The number of rotatable bonds is 0. The Morgan fingerprint density at radius 3 is 3.00 bits per heavy atom. The third-order valence-electron chi connectivity index (χ3n) is 2.23. The molecular weight excluding hydrogens is 164 g/mol. The van der Waals surface area contributed by atoms with E-state index in [1.807, 2.05) is 6.07 Å². The van der Waals surface area contributed by atoms with Gasteiger partial charge in [-0.3, -0.25) is 4.79 Å². The van der Waals surface area contributed by atoms with Crippen LogP contribution in [-0.4, -0.2) is 5.91 Å². The number of fused-ring (bicyclic) bond motifs is 1. The van der Waals surface area contributed by atoms with Crippen LogP contribution in [0.4, 0.5) is 11.4 Å². The van der Waals surface area contributed by atoms with Crippen molar-refractivity contribution in [2.45, 2.75) is 19.3 Å². The summed E-state index contributed by atoms with van der Waals surface area (Å²) in [4.78, 5) is 11.2. The predicted molar refractivity (Wildman–Crippen MR) is 50.8 cm³/mol. The highest BCUT2D eigenvalue weighted by atomic mass is 16.1. The standard InChI is InChI=1S/C10H11N2O/c11-8-5-4-7-2-1-3-10(13)12-9(7)6-8/h4-6,11H,1-3H2,(H,12,13). The van der Waals surface area contributed by atoms with E-state index in [-0.39, 0.29) is 5.91 Å². The highest BCUT2D eigenvalue weighted by Gasteiger charge is 2.12. The van der Waals surface area contributed by atoms with E-state index in [1.54, 1.807) is 12.1 Å². The van der Waals surface area contributed by atoms with Crippen LogP contribution in [0.5, 0.6) is 0 Å². The molecule has 1 radical (unpaired) electrons. The molecule has 1 amide bonds. The monoisotopic (exact) mass is 175 g/mol. The van der Waals surface area contributed by atoms with Crippen molar-refractivity contribution < 1.29 is 4.79 Å². The smallest absolute Gasteiger partial charge is 0.224 e. The Bertz CT molecular complexity index is 347. The number of hydrogen-bond acceptors (Lipinski definition) is 1. The van der Waals surface area contributed by atoms with Gasteiger partial charge in [-0.05, 0) is 30.5 Å². The van der Waals surface area contributed by atoms with Gasteiger partial charge in [0, 0.05) is 12.1 Å². The van der Waals surface area contributed by atoms with Gasteiger partial charge in [-0.25, -0.2) is 0 Å². The molecule has 13 heavy (non-hydrogen) atoms. The lowest BCUT2D eigenvalue weighted by Gasteiger charge is -2.06. The lowest BCUT2D eigenvalue weighted by molar-refractivity contribution is -0.116. The molecule has 0 aromatic heterocycles. The molecule has 0 atom stereocenters. The van der Waals surface area contributed by atoms with Gasteiger partial charge in [0.05, 0.1) is 5.69 Å². The Hall–Kier alpha value is -1.51. The molecule has 1 aromatic rings. The molecule has 0 saturated heterocycles. The van der Waals surface area contributed by atoms with E-state index in [4.69, 9.17) is 5.73 Å². The highest BCUT2D eigenvalue weighted by Crippen LogP contribution is 2.24. The maximum atomic E-state index is 11.2. The first-order chi connectivity index (χ1) is 6.25. The predicted octanol–water partition coefficient (Wildman–Crippen LogP) is 1.88. The maximum absolute atomic E-state index is 11.2. The number of benzene rings is 1. The Balaban J connectivity index is 2.40. The fourth-order valence-corrected chi connectivity index (χ4v) is 1.56. The largest absolute Gasteiger partial charge is 0.326 e. The second kappa shape index (κ2) is 3.09. The van der Waals surface area contributed by atoms with Crippen molar-refractivity contribution in [2.24, 2.45) is 0 Å². The van der Waals surface area contributed by atoms with Gasteiger partial charge in [-0.2, -0.15) is 0 Å². The SMILES string of the molecule is [NH]c1ccc2c(c1)NC(=O)CCC2. The summed E-state index contributed by atoms with van der Waals surface area (Å²) in [6, 6.07) is 5.39. The van der Waals surface area contributed by atoms with Crippen LogP contribution in [0.2, 0.25) is 0 Å².